The molecule has 4 rings (SSSR count). The maximum atomic E-state index is 11.6. The summed E-state index contributed by atoms with van der Waals surface area (Å²) >= 11 is 0. The summed E-state index contributed by atoms with van der Waals surface area (Å²) in [4.78, 5) is 4.25. The van der Waals surface area contributed by atoms with E-state index in [1.807, 2.05) is 60.7 Å². The minimum Gasteiger partial charge on any atom is -0.746 e. The Morgan fingerprint density at radius 3 is 1.92 bits per heavy atom. The molecule has 0 aliphatic heterocycles. The van der Waals surface area contributed by atoms with Crippen molar-refractivity contribution in [2.75, 3.05) is 44.5 Å². The zero-order chi connectivity index (χ0) is 26.2. The summed E-state index contributed by atoms with van der Waals surface area (Å²) in [7, 11) is 8.22. The monoisotopic (exact) mass is 599 g/mol. The van der Waals surface area contributed by atoms with Crippen molar-refractivity contribution in [1.82, 2.24) is 0 Å². The number of unbranched alkanes of at least 4 members (excludes halogenated alkanes) is 2. The normalized spacial score (nSPS) is 11.4. The summed E-state index contributed by atoms with van der Waals surface area (Å²) < 4.78 is 0. The molecule has 0 saturated heterocycles. The number of hydrogen-bond donors (Lipinski definition) is 2. The van der Waals surface area contributed by atoms with Gasteiger partial charge in [-0.1, -0.05) is 18.5 Å². The third-order valence-electron chi connectivity index (χ3n) is 6.22. The van der Waals surface area contributed by atoms with Gasteiger partial charge in [-0.15, -0.1) is 5.56 Å². The van der Waals surface area contributed by atoms with Crippen LogP contribution in [0.15, 0.2) is 97.1 Å². The fourth-order valence-corrected chi connectivity index (χ4v) is 4.43. The molecule has 0 amide bonds. The maximum absolute atomic E-state index is 11.6. The second-order valence-corrected chi connectivity index (χ2v) is 9.76. The van der Waals surface area contributed by atoms with Crippen molar-refractivity contribution in [2.45, 2.75) is 44.1 Å². The maximum Gasteiger partial charge on any atom is 0.0386 e. The molecule has 0 spiro atoms. The van der Waals surface area contributed by atoms with E-state index in [0.717, 1.165) is 32.2 Å². The number of hydrogen-bond acceptors (Lipinski definition) is 4. The van der Waals surface area contributed by atoms with Crippen LogP contribution in [0.4, 0.5) is 11.4 Å². The molecule has 0 aliphatic carbocycles. The molecule has 218 valence electrons. The van der Waals surface area contributed by atoms with E-state index in [1.54, 1.807) is 0 Å². The Morgan fingerprint density at radius 2 is 1.45 bits per heavy atom. The molecule has 0 bridgehead atoms. The Hall–Kier alpha value is -2.04. The molecule has 4 aromatic rings. The van der Waals surface area contributed by atoms with Gasteiger partial charge in [0.2, 0.25) is 0 Å². The molecule has 0 aromatic heterocycles. The first kappa shape index (κ1) is 36.0. The minimum absolute atomic E-state index is 0. The third kappa shape index (κ3) is 13.2. The Labute approximate surface area is 252 Å². The van der Waals surface area contributed by atoms with Gasteiger partial charge in [0, 0.05) is 39.7 Å². The molecule has 0 radical (unpaired) electrons. The number of rotatable bonds is 11. The van der Waals surface area contributed by atoms with Crippen LogP contribution in [0.5, 0.6) is 0 Å². The van der Waals surface area contributed by atoms with Crippen LogP contribution in [0.25, 0.3) is 0 Å². The molecule has 4 aromatic carbocycles. The van der Waals surface area contributed by atoms with Gasteiger partial charge in [-0.2, -0.15) is 48.9 Å². The molecule has 0 heterocycles. The number of aliphatic hydroxyl groups is 1. The van der Waals surface area contributed by atoms with Gasteiger partial charge in [-0.05, 0) is 54.0 Å². The largest absolute Gasteiger partial charge is 0.746 e. The Morgan fingerprint density at radius 1 is 0.842 bits per heavy atom. The van der Waals surface area contributed by atoms with Crippen LogP contribution in [-0.2, 0) is 47.0 Å². The first-order valence-electron chi connectivity index (χ1n) is 13.0. The van der Waals surface area contributed by atoms with Crippen molar-refractivity contribution in [2.24, 2.45) is 5.73 Å². The van der Waals surface area contributed by atoms with Gasteiger partial charge < -0.3 is 50.1 Å². The fraction of sp³-hybridized carbons (Fsp3) is 0.375. The van der Waals surface area contributed by atoms with Crippen LogP contribution in [0, 0.1) is 0 Å². The molecule has 0 atom stereocenters. The standard InChI is InChI=1S/C22H35N3O.2C5H5.2Fe/c1-24(2)20-12-8-10-18(20)16-22(26,14-6-5-7-15-23)17-19-11-9-13-21(19)25(3)4;2*1-2-4-5-3-1;;/h8-13,26H,5-7,14-17,23H2,1-4H3;2*1-5H;;/q-6;2*-1;;. The van der Waals surface area contributed by atoms with E-state index in [9.17, 15) is 5.11 Å². The average Bonchev–Trinajstić information content (AvgIpc) is 3.65. The van der Waals surface area contributed by atoms with Crippen molar-refractivity contribution in [3.8, 4) is 0 Å². The molecule has 0 fully saturated rings. The minimum atomic E-state index is -0.743. The Balaban J connectivity index is 0.000000945. The second kappa shape index (κ2) is 19.9. The van der Waals surface area contributed by atoms with Crippen molar-refractivity contribution in [1.29, 1.82) is 0 Å². The van der Waals surface area contributed by atoms with Gasteiger partial charge >= 0.3 is 0 Å². The zero-order valence-electron chi connectivity index (χ0n) is 23.3. The number of nitrogens with zero attached hydrogens (tertiary/aromatic N) is 2. The van der Waals surface area contributed by atoms with Gasteiger partial charge in [0.15, 0.2) is 0 Å². The van der Waals surface area contributed by atoms with Gasteiger partial charge in [0.1, 0.15) is 0 Å². The number of anilines is 2. The molecule has 0 saturated carbocycles. The summed E-state index contributed by atoms with van der Waals surface area (Å²) in [5, 5.41) is 11.6. The average molecular weight is 599 g/mol. The molecular formula is C32H45Fe2N3O-8. The first-order chi connectivity index (χ1) is 17.4. The van der Waals surface area contributed by atoms with E-state index in [-0.39, 0.29) is 34.1 Å². The van der Waals surface area contributed by atoms with Crippen molar-refractivity contribution in [3.05, 3.63) is 108 Å². The predicted molar refractivity (Wildman–Crippen MR) is 157 cm³/mol. The molecule has 3 N–H and O–H groups in total. The zero-order valence-corrected chi connectivity index (χ0v) is 25.5. The van der Waals surface area contributed by atoms with Crippen LogP contribution in [0.2, 0.25) is 0 Å². The van der Waals surface area contributed by atoms with E-state index in [4.69, 9.17) is 5.73 Å². The Bertz CT molecular complexity index is 908. The van der Waals surface area contributed by atoms with Crippen LogP contribution in [0.3, 0.4) is 0 Å². The van der Waals surface area contributed by atoms with Gasteiger partial charge in [-0.25, -0.2) is 36.4 Å². The van der Waals surface area contributed by atoms with Gasteiger partial charge in [-0.3, -0.25) is 0 Å². The molecule has 0 unspecified atom stereocenters. The van der Waals surface area contributed by atoms with E-state index < -0.39 is 5.60 Å². The fourth-order valence-electron chi connectivity index (χ4n) is 4.43. The van der Waals surface area contributed by atoms with E-state index in [0.29, 0.717) is 12.8 Å². The van der Waals surface area contributed by atoms with Crippen molar-refractivity contribution in [3.63, 3.8) is 0 Å². The van der Waals surface area contributed by atoms with Gasteiger partial charge in [0.05, 0.1) is 0 Å². The van der Waals surface area contributed by atoms with Crippen LogP contribution in [-0.4, -0.2) is 45.4 Å². The summed E-state index contributed by atoms with van der Waals surface area (Å²) in [6, 6.07) is 32.7. The van der Waals surface area contributed by atoms with E-state index >= 15 is 0 Å². The van der Waals surface area contributed by atoms with Crippen LogP contribution >= 0.6 is 0 Å². The molecular weight excluding hydrogens is 554 g/mol. The summed E-state index contributed by atoms with van der Waals surface area (Å²) in [5.41, 5.74) is 9.71. The summed E-state index contributed by atoms with van der Waals surface area (Å²) in [6.07, 6.45) is 5.24. The van der Waals surface area contributed by atoms with E-state index in [1.165, 1.54) is 22.5 Å². The quantitative estimate of drug-likeness (QED) is 0.124. The SMILES string of the molecule is CN(C)[c-]1cccc1CC(O)(CCCCCN)C[c-]1[cH-][cH-][cH-][c-]1N(C)C.[Fe].[Fe].c1cc[cH-]c1.c1cc[cH-]c1. The van der Waals surface area contributed by atoms with Crippen molar-refractivity contribution >= 4 is 11.4 Å². The van der Waals surface area contributed by atoms with Crippen molar-refractivity contribution < 1.29 is 39.2 Å². The number of nitrogens with two attached hydrogens (primary N) is 1. The van der Waals surface area contributed by atoms with Gasteiger partial charge in [0.25, 0.3) is 0 Å². The molecule has 0 aliphatic rings. The van der Waals surface area contributed by atoms with Crippen LogP contribution < -0.4 is 15.5 Å². The Kier molecular flexibility index (Phi) is 18.9. The summed E-state index contributed by atoms with van der Waals surface area (Å²) in [5.74, 6) is 0. The predicted octanol–water partition coefficient (Wildman–Crippen LogP) is 6.10. The van der Waals surface area contributed by atoms with E-state index in [2.05, 4.69) is 74.4 Å². The van der Waals surface area contributed by atoms with Crippen LogP contribution in [0.1, 0.15) is 36.8 Å². The first-order valence-corrected chi connectivity index (χ1v) is 13.0. The topological polar surface area (TPSA) is 52.7 Å². The molecule has 6 heteroatoms. The second-order valence-electron chi connectivity index (χ2n) is 9.76. The molecule has 4 nitrogen and oxygen atoms in total. The smallest absolute Gasteiger partial charge is 0.0386 e. The molecule has 38 heavy (non-hydrogen) atoms. The summed E-state index contributed by atoms with van der Waals surface area (Å²) in [6.45, 7) is 0.722. The third-order valence-corrected chi connectivity index (χ3v) is 6.22.